The Balaban J connectivity index is 2.83. The first-order valence-electron chi connectivity index (χ1n) is 6.09. The summed E-state index contributed by atoms with van der Waals surface area (Å²) in [6.45, 7) is 6.91. The molecule has 0 spiro atoms. The van der Waals surface area contributed by atoms with Gasteiger partial charge in [0.05, 0.1) is 4.75 Å². The van der Waals surface area contributed by atoms with E-state index in [1.807, 2.05) is 44.2 Å². The number of hydrogen-bond acceptors (Lipinski definition) is 2. The van der Waals surface area contributed by atoms with E-state index in [-0.39, 0.29) is 0 Å². The van der Waals surface area contributed by atoms with Crippen LogP contribution in [0.15, 0.2) is 30.3 Å². The van der Waals surface area contributed by atoms with Gasteiger partial charge in [0.1, 0.15) is 0 Å². The van der Waals surface area contributed by atoms with Crippen molar-refractivity contribution in [2.24, 2.45) is 5.41 Å². The molecule has 102 valence electrons. The Morgan fingerprint density at radius 2 is 1.56 bits per heavy atom. The van der Waals surface area contributed by atoms with Crippen molar-refractivity contribution >= 4 is 10.1 Å². The van der Waals surface area contributed by atoms with Crippen LogP contribution in [0.3, 0.4) is 0 Å². The molecule has 4 heteroatoms. The largest absolute Gasteiger partial charge is 0.285 e. The minimum atomic E-state index is -4.06. The zero-order valence-corrected chi connectivity index (χ0v) is 12.3. The molecule has 3 nitrogen and oxygen atoms in total. The summed E-state index contributed by atoms with van der Waals surface area (Å²) in [5.41, 5.74) is 0.674. The quantitative estimate of drug-likeness (QED) is 0.835. The highest BCUT2D eigenvalue weighted by Gasteiger charge is 2.46. The van der Waals surface area contributed by atoms with Gasteiger partial charge in [0.15, 0.2) is 0 Å². The van der Waals surface area contributed by atoms with Crippen LogP contribution in [-0.2, 0) is 16.5 Å². The van der Waals surface area contributed by atoms with E-state index in [0.717, 1.165) is 6.42 Å². The molecule has 0 unspecified atom stereocenters. The second kappa shape index (κ2) is 5.02. The monoisotopic (exact) mass is 270 g/mol. The molecule has 0 aliphatic rings. The molecule has 0 atom stereocenters. The lowest BCUT2D eigenvalue weighted by molar-refractivity contribution is 0.234. The van der Waals surface area contributed by atoms with Gasteiger partial charge in [0.25, 0.3) is 10.1 Å². The molecule has 0 bridgehead atoms. The summed E-state index contributed by atoms with van der Waals surface area (Å²) in [7, 11) is -4.06. The minimum Gasteiger partial charge on any atom is -0.285 e. The number of aryl methyl sites for hydroxylation is 1. The molecule has 0 fully saturated rings. The molecule has 0 aromatic heterocycles. The first-order valence-corrected chi connectivity index (χ1v) is 7.53. The first kappa shape index (κ1) is 15.2. The van der Waals surface area contributed by atoms with Gasteiger partial charge < -0.3 is 0 Å². The molecule has 0 radical (unpaired) electrons. The van der Waals surface area contributed by atoms with Crippen molar-refractivity contribution in [3.05, 3.63) is 35.9 Å². The van der Waals surface area contributed by atoms with Crippen LogP contribution in [-0.4, -0.2) is 17.7 Å². The van der Waals surface area contributed by atoms with Crippen molar-refractivity contribution in [2.75, 3.05) is 0 Å². The summed E-state index contributed by atoms with van der Waals surface area (Å²) in [6, 6.07) is 9.94. The maximum Gasteiger partial charge on any atom is 0.270 e. The average molecular weight is 270 g/mol. The Kier molecular flexibility index (Phi) is 4.23. The molecule has 0 aliphatic carbocycles. The van der Waals surface area contributed by atoms with Gasteiger partial charge >= 0.3 is 0 Å². The SMILES string of the molecule is CC(C)(CCc1ccccc1)C(C)(C)S(=O)(=O)O. The summed E-state index contributed by atoms with van der Waals surface area (Å²) in [4.78, 5) is 0. The zero-order chi connectivity index (χ0) is 14.0. The van der Waals surface area contributed by atoms with Crippen molar-refractivity contribution < 1.29 is 13.0 Å². The fourth-order valence-corrected chi connectivity index (χ4v) is 2.55. The fourth-order valence-electron chi connectivity index (χ4n) is 1.75. The summed E-state index contributed by atoms with van der Waals surface area (Å²) in [5, 5.41) is 0. The van der Waals surface area contributed by atoms with Crippen LogP contribution in [0, 0.1) is 5.41 Å². The van der Waals surface area contributed by atoms with E-state index < -0.39 is 20.3 Å². The minimum absolute atomic E-state index is 0.504. The van der Waals surface area contributed by atoms with E-state index in [0.29, 0.717) is 6.42 Å². The van der Waals surface area contributed by atoms with Crippen LogP contribution in [0.5, 0.6) is 0 Å². The van der Waals surface area contributed by atoms with E-state index in [1.165, 1.54) is 5.56 Å². The predicted molar refractivity (Wildman–Crippen MR) is 74.2 cm³/mol. The van der Waals surface area contributed by atoms with E-state index in [2.05, 4.69) is 0 Å². The van der Waals surface area contributed by atoms with Gasteiger partial charge in [0.2, 0.25) is 0 Å². The smallest absolute Gasteiger partial charge is 0.270 e. The van der Waals surface area contributed by atoms with Crippen molar-refractivity contribution in [2.45, 2.75) is 45.3 Å². The third kappa shape index (κ3) is 3.12. The van der Waals surface area contributed by atoms with E-state index in [9.17, 15) is 13.0 Å². The lowest BCUT2D eigenvalue weighted by Gasteiger charge is -2.39. The lowest BCUT2D eigenvalue weighted by Crippen LogP contribution is -2.46. The second-order valence-electron chi connectivity index (χ2n) is 5.85. The van der Waals surface area contributed by atoms with E-state index in [4.69, 9.17) is 0 Å². The van der Waals surface area contributed by atoms with Gasteiger partial charge in [0, 0.05) is 0 Å². The van der Waals surface area contributed by atoms with Gasteiger partial charge in [-0.1, -0.05) is 44.2 Å². The number of benzene rings is 1. The lowest BCUT2D eigenvalue weighted by atomic mass is 9.76. The first-order chi connectivity index (χ1) is 8.08. The Hall–Kier alpha value is -0.870. The number of rotatable bonds is 5. The third-order valence-electron chi connectivity index (χ3n) is 4.16. The van der Waals surface area contributed by atoms with Crippen molar-refractivity contribution in [3.8, 4) is 0 Å². The maximum atomic E-state index is 11.5. The Morgan fingerprint density at radius 3 is 2.00 bits per heavy atom. The Morgan fingerprint density at radius 1 is 1.06 bits per heavy atom. The fraction of sp³-hybridized carbons (Fsp3) is 0.571. The van der Waals surface area contributed by atoms with Gasteiger partial charge in [-0.3, -0.25) is 4.55 Å². The van der Waals surface area contributed by atoms with E-state index in [1.54, 1.807) is 13.8 Å². The van der Waals surface area contributed by atoms with Crippen LogP contribution in [0.4, 0.5) is 0 Å². The standard InChI is InChI=1S/C14H22O3S/c1-13(2,14(3,4)18(15,16)17)11-10-12-8-6-5-7-9-12/h5-9H,10-11H2,1-4H3,(H,15,16,17). The molecule has 18 heavy (non-hydrogen) atoms. The highest BCUT2D eigenvalue weighted by molar-refractivity contribution is 7.87. The zero-order valence-electron chi connectivity index (χ0n) is 11.5. The van der Waals surface area contributed by atoms with Crippen molar-refractivity contribution in [1.29, 1.82) is 0 Å². The highest BCUT2D eigenvalue weighted by atomic mass is 32.2. The molecule has 1 aromatic carbocycles. The second-order valence-corrected chi connectivity index (χ2v) is 7.83. The van der Waals surface area contributed by atoms with Crippen molar-refractivity contribution in [1.82, 2.24) is 0 Å². The molecule has 1 N–H and O–H groups in total. The van der Waals surface area contributed by atoms with Gasteiger partial charge in [-0.2, -0.15) is 8.42 Å². The Labute approximate surface area is 110 Å². The average Bonchev–Trinajstić information content (AvgIpc) is 2.26. The summed E-state index contributed by atoms with van der Waals surface area (Å²) in [6.07, 6.45) is 1.50. The molecule has 0 saturated carbocycles. The molecule has 0 amide bonds. The van der Waals surface area contributed by atoms with Crippen molar-refractivity contribution in [3.63, 3.8) is 0 Å². The van der Waals surface area contributed by atoms with Gasteiger partial charge in [-0.05, 0) is 37.7 Å². The molecular weight excluding hydrogens is 248 g/mol. The predicted octanol–water partition coefficient (Wildman–Crippen LogP) is 3.31. The molecule has 1 rings (SSSR count). The van der Waals surface area contributed by atoms with Gasteiger partial charge in [-0.25, -0.2) is 0 Å². The Bertz CT molecular complexity index is 487. The molecule has 0 heterocycles. The third-order valence-corrected chi connectivity index (χ3v) is 6.00. The number of hydrogen-bond donors (Lipinski definition) is 1. The summed E-state index contributed by atoms with van der Waals surface area (Å²) >= 11 is 0. The highest BCUT2D eigenvalue weighted by Crippen LogP contribution is 2.40. The topological polar surface area (TPSA) is 54.4 Å². The molecule has 0 saturated heterocycles. The van der Waals surface area contributed by atoms with Gasteiger partial charge in [-0.15, -0.1) is 0 Å². The molecule has 0 aliphatic heterocycles. The van der Waals surface area contributed by atoms with Crippen LogP contribution < -0.4 is 0 Å². The van der Waals surface area contributed by atoms with Crippen LogP contribution in [0.2, 0.25) is 0 Å². The molecular formula is C14H22O3S. The normalized spacial score (nSPS) is 13.6. The summed E-state index contributed by atoms with van der Waals surface area (Å²) in [5.74, 6) is 0. The summed E-state index contributed by atoms with van der Waals surface area (Å²) < 4.78 is 31.1. The molecule has 1 aromatic rings. The van der Waals surface area contributed by atoms with Crippen LogP contribution in [0.25, 0.3) is 0 Å². The van der Waals surface area contributed by atoms with Crippen LogP contribution >= 0.6 is 0 Å². The maximum absolute atomic E-state index is 11.5. The van der Waals surface area contributed by atoms with E-state index >= 15 is 0 Å². The van der Waals surface area contributed by atoms with Crippen LogP contribution in [0.1, 0.15) is 39.7 Å².